The molecule has 1 fully saturated rings. The third kappa shape index (κ3) is 1.98. The van der Waals surface area contributed by atoms with Crippen molar-refractivity contribution in [2.24, 2.45) is 0 Å². The fraction of sp³-hybridized carbons (Fsp3) is 0.500. The summed E-state index contributed by atoms with van der Waals surface area (Å²) >= 11 is 0. The van der Waals surface area contributed by atoms with Gasteiger partial charge in [0.1, 0.15) is 0 Å². The molecule has 0 aliphatic carbocycles. The van der Waals surface area contributed by atoms with Crippen LogP contribution >= 0.6 is 0 Å². The minimum absolute atomic E-state index is 0.413. The van der Waals surface area contributed by atoms with E-state index >= 15 is 0 Å². The van der Waals surface area contributed by atoms with Crippen molar-refractivity contribution in [2.75, 3.05) is 6.54 Å². The molecule has 1 aliphatic heterocycles. The van der Waals surface area contributed by atoms with Crippen LogP contribution in [0.4, 0.5) is 13.2 Å². The molecule has 1 aliphatic rings. The molecule has 102 valence electrons. The third-order valence-corrected chi connectivity index (χ3v) is 3.59. The highest BCUT2D eigenvalue weighted by atomic mass is 19.4. The molecule has 19 heavy (non-hydrogen) atoms. The Kier molecular flexibility index (Phi) is 2.57. The van der Waals surface area contributed by atoms with E-state index in [2.05, 4.69) is 15.5 Å². The molecule has 0 aromatic carbocycles. The molecule has 0 bridgehead atoms. The van der Waals surface area contributed by atoms with Crippen LogP contribution in [0.25, 0.3) is 5.65 Å². The summed E-state index contributed by atoms with van der Waals surface area (Å²) < 4.78 is 39.7. The lowest BCUT2D eigenvalue weighted by Crippen LogP contribution is -2.35. The molecule has 4 nitrogen and oxygen atoms in total. The normalized spacial score (nSPS) is 24.2. The van der Waals surface area contributed by atoms with Crippen molar-refractivity contribution in [2.45, 2.75) is 31.5 Å². The largest absolute Gasteiger partial charge is 0.417 e. The van der Waals surface area contributed by atoms with Crippen LogP contribution in [0.2, 0.25) is 0 Å². The number of nitrogens with zero attached hydrogens (tertiary/aromatic N) is 3. The van der Waals surface area contributed by atoms with Gasteiger partial charge in [-0.25, -0.2) is 0 Å². The molecule has 1 saturated heterocycles. The fourth-order valence-electron chi connectivity index (χ4n) is 2.52. The van der Waals surface area contributed by atoms with Crippen LogP contribution in [0.15, 0.2) is 18.3 Å². The Morgan fingerprint density at radius 1 is 1.32 bits per heavy atom. The summed E-state index contributed by atoms with van der Waals surface area (Å²) in [5, 5.41) is 11.3. The van der Waals surface area contributed by atoms with Gasteiger partial charge < -0.3 is 5.32 Å². The van der Waals surface area contributed by atoms with Gasteiger partial charge in [-0.1, -0.05) is 0 Å². The van der Waals surface area contributed by atoms with Crippen LogP contribution in [0.3, 0.4) is 0 Å². The van der Waals surface area contributed by atoms with Gasteiger partial charge in [0, 0.05) is 6.20 Å². The van der Waals surface area contributed by atoms with Crippen LogP contribution in [0.5, 0.6) is 0 Å². The SMILES string of the molecule is CC1(c2nnc3ccc(C(F)(F)F)cn23)CCCN1. The van der Waals surface area contributed by atoms with Crippen molar-refractivity contribution in [3.05, 3.63) is 29.7 Å². The lowest BCUT2D eigenvalue weighted by atomic mass is 9.99. The quantitative estimate of drug-likeness (QED) is 0.865. The summed E-state index contributed by atoms with van der Waals surface area (Å²) in [7, 11) is 0. The molecule has 0 spiro atoms. The zero-order valence-electron chi connectivity index (χ0n) is 10.3. The van der Waals surface area contributed by atoms with E-state index in [0.717, 1.165) is 31.6 Å². The Labute approximate surface area is 107 Å². The standard InChI is InChI=1S/C12H13F3N4/c1-11(5-2-6-16-11)10-18-17-9-4-3-8(7-19(9)10)12(13,14)15/h3-4,7,16H,2,5-6H2,1H3. The molecule has 7 heteroatoms. The van der Waals surface area contributed by atoms with Crippen molar-refractivity contribution in [3.8, 4) is 0 Å². The van der Waals surface area contributed by atoms with E-state index < -0.39 is 17.3 Å². The van der Waals surface area contributed by atoms with E-state index in [1.54, 1.807) is 0 Å². The Morgan fingerprint density at radius 2 is 2.11 bits per heavy atom. The highest BCUT2D eigenvalue weighted by Gasteiger charge is 2.36. The van der Waals surface area contributed by atoms with Crippen molar-refractivity contribution < 1.29 is 13.2 Å². The number of nitrogens with one attached hydrogen (secondary N) is 1. The molecule has 3 heterocycles. The number of pyridine rings is 1. The number of rotatable bonds is 1. The zero-order valence-corrected chi connectivity index (χ0v) is 10.3. The maximum absolute atomic E-state index is 12.8. The number of hydrogen-bond acceptors (Lipinski definition) is 3. The Bertz CT molecular complexity index is 611. The second-order valence-electron chi connectivity index (χ2n) is 5.03. The van der Waals surface area contributed by atoms with Crippen LogP contribution in [-0.4, -0.2) is 21.1 Å². The molecule has 0 amide bonds. The van der Waals surface area contributed by atoms with Crippen molar-refractivity contribution in [3.63, 3.8) is 0 Å². The van der Waals surface area contributed by atoms with Crippen LogP contribution in [0.1, 0.15) is 31.2 Å². The van der Waals surface area contributed by atoms with Gasteiger partial charge in [-0.05, 0) is 38.4 Å². The predicted octanol–water partition coefficient (Wildman–Crippen LogP) is 2.35. The van der Waals surface area contributed by atoms with Crippen molar-refractivity contribution >= 4 is 5.65 Å². The lowest BCUT2D eigenvalue weighted by Gasteiger charge is -2.22. The van der Waals surface area contributed by atoms with Gasteiger partial charge in [0.05, 0.1) is 11.1 Å². The number of halogens is 3. The summed E-state index contributed by atoms with van der Waals surface area (Å²) in [4.78, 5) is 0. The molecule has 1 N–H and O–H groups in total. The van der Waals surface area contributed by atoms with Gasteiger partial charge in [-0.3, -0.25) is 4.40 Å². The van der Waals surface area contributed by atoms with E-state index in [-0.39, 0.29) is 0 Å². The van der Waals surface area contributed by atoms with E-state index in [0.29, 0.717) is 11.5 Å². The first-order valence-corrected chi connectivity index (χ1v) is 6.08. The van der Waals surface area contributed by atoms with Gasteiger partial charge in [-0.2, -0.15) is 13.2 Å². The maximum Gasteiger partial charge on any atom is 0.417 e. The van der Waals surface area contributed by atoms with Gasteiger partial charge in [-0.15, -0.1) is 10.2 Å². The third-order valence-electron chi connectivity index (χ3n) is 3.59. The number of hydrogen-bond donors (Lipinski definition) is 1. The number of alkyl halides is 3. The summed E-state index contributed by atoms with van der Waals surface area (Å²) in [6, 6.07) is 2.37. The molecular formula is C12H13F3N4. The van der Waals surface area contributed by atoms with E-state index in [1.165, 1.54) is 10.5 Å². The van der Waals surface area contributed by atoms with Gasteiger partial charge in [0.15, 0.2) is 11.5 Å². The first-order chi connectivity index (χ1) is 8.90. The minimum atomic E-state index is -4.36. The zero-order chi connectivity index (χ0) is 13.7. The molecule has 1 atom stereocenters. The molecule has 2 aromatic heterocycles. The number of fused-ring (bicyclic) bond motifs is 1. The second kappa shape index (κ2) is 3.93. The molecular weight excluding hydrogens is 257 g/mol. The highest BCUT2D eigenvalue weighted by molar-refractivity contribution is 5.41. The molecule has 2 aromatic rings. The topological polar surface area (TPSA) is 42.2 Å². The van der Waals surface area contributed by atoms with Gasteiger partial charge in [0.2, 0.25) is 0 Å². The average molecular weight is 270 g/mol. The van der Waals surface area contributed by atoms with E-state index in [9.17, 15) is 13.2 Å². The van der Waals surface area contributed by atoms with Crippen LogP contribution in [0, 0.1) is 0 Å². The molecule has 3 rings (SSSR count). The summed E-state index contributed by atoms with van der Waals surface area (Å²) in [6.45, 7) is 2.78. The summed E-state index contributed by atoms with van der Waals surface area (Å²) in [5.74, 6) is 0.533. The second-order valence-corrected chi connectivity index (χ2v) is 5.03. The first kappa shape index (κ1) is 12.4. The number of aromatic nitrogens is 3. The first-order valence-electron chi connectivity index (χ1n) is 6.08. The summed E-state index contributed by atoms with van der Waals surface area (Å²) in [5.41, 5.74) is -0.676. The van der Waals surface area contributed by atoms with Gasteiger partial charge >= 0.3 is 6.18 Å². The maximum atomic E-state index is 12.8. The summed E-state index contributed by atoms with van der Waals surface area (Å²) in [6.07, 6.45) is -1.48. The van der Waals surface area contributed by atoms with Gasteiger partial charge in [0.25, 0.3) is 0 Å². The Hall–Kier alpha value is -1.63. The monoisotopic (exact) mass is 270 g/mol. The minimum Gasteiger partial charge on any atom is -0.305 e. The van der Waals surface area contributed by atoms with E-state index in [1.807, 2.05) is 6.92 Å². The molecule has 1 unspecified atom stereocenters. The lowest BCUT2D eigenvalue weighted by molar-refractivity contribution is -0.137. The smallest absolute Gasteiger partial charge is 0.305 e. The Morgan fingerprint density at radius 3 is 2.74 bits per heavy atom. The van der Waals surface area contributed by atoms with Crippen LogP contribution < -0.4 is 5.32 Å². The van der Waals surface area contributed by atoms with Crippen molar-refractivity contribution in [1.29, 1.82) is 0 Å². The molecule has 0 saturated carbocycles. The van der Waals surface area contributed by atoms with Crippen molar-refractivity contribution in [1.82, 2.24) is 19.9 Å². The highest BCUT2D eigenvalue weighted by Crippen LogP contribution is 2.32. The predicted molar refractivity (Wildman–Crippen MR) is 62.6 cm³/mol. The average Bonchev–Trinajstić information content (AvgIpc) is 2.93. The fourth-order valence-corrected chi connectivity index (χ4v) is 2.52. The Balaban J connectivity index is 2.16. The molecule has 0 radical (unpaired) electrons. The van der Waals surface area contributed by atoms with Crippen LogP contribution in [-0.2, 0) is 11.7 Å². The van der Waals surface area contributed by atoms with E-state index in [4.69, 9.17) is 0 Å².